The zero-order valence-corrected chi connectivity index (χ0v) is 11.9. The van der Waals surface area contributed by atoms with Crippen molar-refractivity contribution < 1.29 is 13.2 Å². The smallest absolute Gasteiger partial charge is 0.244 e. The second-order valence-corrected chi connectivity index (χ2v) is 6.20. The number of aryl methyl sites for hydroxylation is 1. The van der Waals surface area contributed by atoms with Crippen molar-refractivity contribution in [3.63, 3.8) is 0 Å². The van der Waals surface area contributed by atoms with E-state index in [1.807, 2.05) is 0 Å². The molecule has 0 aliphatic rings. The number of methoxy groups -OCH3 is 1. The minimum absolute atomic E-state index is 0.283. The highest BCUT2D eigenvalue weighted by atomic mass is 32.2. The summed E-state index contributed by atoms with van der Waals surface area (Å²) >= 11 is 0. The predicted molar refractivity (Wildman–Crippen MR) is 69.6 cm³/mol. The molecule has 0 radical (unpaired) electrons. The Labute approximate surface area is 108 Å². The minimum Gasteiger partial charge on any atom is -0.385 e. The van der Waals surface area contributed by atoms with Crippen molar-refractivity contribution in [3.05, 3.63) is 18.0 Å². The van der Waals surface area contributed by atoms with Gasteiger partial charge in [-0.15, -0.1) is 0 Å². The van der Waals surface area contributed by atoms with Crippen molar-refractivity contribution in [2.45, 2.75) is 17.9 Å². The summed E-state index contributed by atoms with van der Waals surface area (Å²) in [4.78, 5) is 0.283. The van der Waals surface area contributed by atoms with Crippen molar-refractivity contribution in [2.24, 2.45) is 12.8 Å². The maximum Gasteiger partial charge on any atom is 0.244 e. The molecule has 18 heavy (non-hydrogen) atoms. The number of hydrogen-bond donors (Lipinski definition) is 1. The molecule has 1 rings (SSSR count). The fraction of sp³-hybridized carbons (Fsp3) is 0.636. The molecule has 104 valence electrons. The second kappa shape index (κ2) is 6.33. The van der Waals surface area contributed by atoms with Gasteiger partial charge in [-0.2, -0.15) is 0 Å². The van der Waals surface area contributed by atoms with E-state index in [1.54, 1.807) is 38.0 Å². The largest absolute Gasteiger partial charge is 0.385 e. The van der Waals surface area contributed by atoms with E-state index in [0.29, 0.717) is 26.1 Å². The van der Waals surface area contributed by atoms with Gasteiger partial charge >= 0.3 is 0 Å². The van der Waals surface area contributed by atoms with E-state index >= 15 is 0 Å². The molecule has 0 aliphatic carbocycles. The number of nitrogens with zero attached hydrogens (tertiary/aromatic N) is 2. The van der Waals surface area contributed by atoms with Crippen LogP contribution in [0.15, 0.2) is 17.2 Å². The lowest BCUT2D eigenvalue weighted by Crippen LogP contribution is -2.28. The molecule has 1 heterocycles. The van der Waals surface area contributed by atoms with Gasteiger partial charge in [0.1, 0.15) is 4.90 Å². The Morgan fingerprint density at radius 2 is 2.17 bits per heavy atom. The lowest BCUT2D eigenvalue weighted by molar-refractivity contribution is 0.189. The average Bonchev–Trinajstić information content (AvgIpc) is 2.71. The third-order valence-electron chi connectivity index (χ3n) is 2.82. The third-order valence-corrected chi connectivity index (χ3v) is 4.64. The molecule has 0 fully saturated rings. The Kier molecular flexibility index (Phi) is 5.33. The van der Waals surface area contributed by atoms with E-state index in [9.17, 15) is 8.42 Å². The van der Waals surface area contributed by atoms with E-state index in [2.05, 4.69) is 0 Å². The van der Waals surface area contributed by atoms with E-state index in [-0.39, 0.29) is 4.90 Å². The van der Waals surface area contributed by atoms with Crippen molar-refractivity contribution in [1.29, 1.82) is 0 Å². The first-order valence-corrected chi connectivity index (χ1v) is 7.18. The molecule has 0 amide bonds. The van der Waals surface area contributed by atoms with Crippen molar-refractivity contribution in [2.75, 3.05) is 27.3 Å². The average molecular weight is 275 g/mol. The number of sulfonamides is 1. The van der Waals surface area contributed by atoms with Crippen LogP contribution in [0, 0.1) is 0 Å². The quantitative estimate of drug-likeness (QED) is 0.718. The highest BCUT2D eigenvalue weighted by Gasteiger charge is 2.22. The van der Waals surface area contributed by atoms with Crippen LogP contribution in [-0.2, 0) is 28.4 Å². The summed E-state index contributed by atoms with van der Waals surface area (Å²) in [5.74, 6) is 0. The molecule has 0 aromatic carbocycles. The van der Waals surface area contributed by atoms with Crippen LogP contribution in [0.25, 0.3) is 0 Å². The number of hydrogen-bond acceptors (Lipinski definition) is 4. The molecule has 6 nitrogen and oxygen atoms in total. The Hall–Kier alpha value is -0.890. The Morgan fingerprint density at radius 3 is 2.67 bits per heavy atom. The molecule has 0 aliphatic heterocycles. The monoisotopic (exact) mass is 275 g/mol. The highest BCUT2D eigenvalue weighted by molar-refractivity contribution is 7.89. The molecular formula is C11H21N3O3S. The summed E-state index contributed by atoms with van der Waals surface area (Å²) in [5, 5.41) is 0. The molecule has 0 unspecified atom stereocenters. The van der Waals surface area contributed by atoms with E-state index in [4.69, 9.17) is 10.5 Å². The zero-order chi connectivity index (χ0) is 13.8. The van der Waals surface area contributed by atoms with Gasteiger partial charge in [-0.25, -0.2) is 12.7 Å². The molecule has 0 saturated heterocycles. The molecule has 7 heteroatoms. The van der Waals surface area contributed by atoms with Crippen LogP contribution in [-0.4, -0.2) is 44.6 Å². The Balaban J connectivity index is 2.84. The fourth-order valence-corrected chi connectivity index (χ4v) is 2.96. The number of ether oxygens (including phenoxy) is 1. The van der Waals surface area contributed by atoms with Gasteiger partial charge in [0.15, 0.2) is 0 Å². The summed E-state index contributed by atoms with van der Waals surface area (Å²) in [5.41, 5.74) is 6.33. The van der Waals surface area contributed by atoms with Crippen molar-refractivity contribution in [1.82, 2.24) is 8.87 Å². The molecular weight excluding hydrogens is 254 g/mol. The van der Waals surface area contributed by atoms with Crippen LogP contribution < -0.4 is 5.73 Å². The van der Waals surface area contributed by atoms with Crippen LogP contribution in [0.3, 0.4) is 0 Å². The van der Waals surface area contributed by atoms with Gasteiger partial charge in [-0.05, 0) is 12.5 Å². The third kappa shape index (κ3) is 3.32. The summed E-state index contributed by atoms with van der Waals surface area (Å²) in [7, 11) is 1.52. The van der Waals surface area contributed by atoms with Crippen LogP contribution >= 0.6 is 0 Å². The topological polar surface area (TPSA) is 77.6 Å². The SMILES string of the molecule is COCCCN(C)S(=O)(=O)c1cc(CN)n(C)c1. The van der Waals surface area contributed by atoms with Gasteiger partial charge in [-0.1, -0.05) is 0 Å². The summed E-state index contributed by atoms with van der Waals surface area (Å²) in [6.45, 7) is 1.30. The maximum absolute atomic E-state index is 12.2. The van der Waals surface area contributed by atoms with Crippen LogP contribution in [0.2, 0.25) is 0 Å². The van der Waals surface area contributed by atoms with Gasteiger partial charge in [-0.3, -0.25) is 0 Å². The first-order chi connectivity index (χ1) is 8.43. The molecule has 0 bridgehead atoms. The van der Waals surface area contributed by atoms with Crippen LogP contribution in [0.5, 0.6) is 0 Å². The molecule has 0 saturated carbocycles. The summed E-state index contributed by atoms with van der Waals surface area (Å²) < 4.78 is 32.5. The molecule has 0 spiro atoms. The zero-order valence-electron chi connectivity index (χ0n) is 11.1. The maximum atomic E-state index is 12.2. The first-order valence-electron chi connectivity index (χ1n) is 5.74. The number of nitrogens with two attached hydrogens (primary N) is 1. The van der Waals surface area contributed by atoms with Crippen LogP contribution in [0.4, 0.5) is 0 Å². The summed E-state index contributed by atoms with van der Waals surface area (Å²) in [6.07, 6.45) is 2.26. The molecule has 0 atom stereocenters. The van der Waals surface area contributed by atoms with Crippen molar-refractivity contribution in [3.8, 4) is 0 Å². The van der Waals surface area contributed by atoms with Gasteiger partial charge in [0, 0.05) is 52.8 Å². The Bertz CT molecular complexity index is 482. The summed E-state index contributed by atoms with van der Waals surface area (Å²) in [6, 6.07) is 1.61. The normalized spacial score (nSPS) is 12.3. The molecule has 1 aromatic heterocycles. The lowest BCUT2D eigenvalue weighted by Gasteiger charge is -2.15. The predicted octanol–water partition coefficient (Wildman–Crippen LogP) is 0.141. The highest BCUT2D eigenvalue weighted by Crippen LogP contribution is 2.17. The van der Waals surface area contributed by atoms with Gasteiger partial charge in [0.2, 0.25) is 10.0 Å². The minimum atomic E-state index is -3.43. The van der Waals surface area contributed by atoms with Crippen molar-refractivity contribution >= 4 is 10.0 Å². The molecule has 1 aromatic rings. The number of rotatable bonds is 7. The van der Waals surface area contributed by atoms with Gasteiger partial charge in [0.25, 0.3) is 0 Å². The van der Waals surface area contributed by atoms with E-state index in [0.717, 1.165) is 5.69 Å². The lowest BCUT2D eigenvalue weighted by atomic mass is 10.4. The second-order valence-electron chi connectivity index (χ2n) is 4.16. The Morgan fingerprint density at radius 1 is 1.50 bits per heavy atom. The molecule has 2 N–H and O–H groups in total. The fourth-order valence-electron chi connectivity index (χ4n) is 1.65. The van der Waals surface area contributed by atoms with Gasteiger partial charge < -0.3 is 15.0 Å². The van der Waals surface area contributed by atoms with Crippen LogP contribution in [0.1, 0.15) is 12.1 Å². The first kappa shape index (κ1) is 15.2. The van der Waals surface area contributed by atoms with Gasteiger partial charge in [0.05, 0.1) is 0 Å². The van der Waals surface area contributed by atoms with E-state index in [1.165, 1.54) is 4.31 Å². The standard InChI is InChI=1S/C11H21N3O3S/c1-13-9-11(7-10(13)8-12)18(15,16)14(2)5-4-6-17-3/h7,9H,4-6,8,12H2,1-3H3. The number of aromatic nitrogens is 1. The van der Waals surface area contributed by atoms with E-state index < -0.39 is 10.0 Å².